The van der Waals surface area contributed by atoms with Gasteiger partial charge in [-0.25, -0.2) is 0 Å². The first-order valence-corrected chi connectivity index (χ1v) is 19.8. The number of nitrogens with one attached hydrogen (secondary N) is 3. The zero-order valence-corrected chi connectivity index (χ0v) is 33.1. The Bertz CT molecular complexity index is 1910. The van der Waals surface area contributed by atoms with E-state index in [1.165, 1.54) is 6.92 Å². The molecule has 1 spiro atoms. The van der Waals surface area contributed by atoms with Crippen molar-refractivity contribution < 1.29 is 23.8 Å². The third-order valence-corrected chi connectivity index (χ3v) is 11.1. The molecule has 3 heterocycles. The van der Waals surface area contributed by atoms with Crippen LogP contribution in [0.5, 0.6) is 17.2 Å². The Morgan fingerprint density at radius 3 is 2.44 bits per heavy atom. The standard InChI is InChI=1S/C44H54ClN5O5/c1-31-35(30-55-42-26-41(54-29-34-9-7-18-46-27-34)36(25-39(42)45)28-47-19-20-48-33(3)51)10-4-11-37(31)38-12-5-13-40(32(38)2)53-24-8-21-50-22-16-44(17-23-50)15-6-14-43(52)49-44/h4-5,7,9-13,18,25-27,47H,6,8,14-17,19-24,28-30H2,1-3H3,(H,48,51)(H,49,52). The summed E-state index contributed by atoms with van der Waals surface area (Å²) in [6.45, 7) is 11.7. The van der Waals surface area contributed by atoms with Gasteiger partial charge in [-0.3, -0.25) is 14.6 Å². The molecule has 2 fully saturated rings. The molecular formula is C44H54ClN5O5. The van der Waals surface area contributed by atoms with E-state index >= 15 is 0 Å². The van der Waals surface area contributed by atoms with Crippen molar-refractivity contribution in [3.63, 3.8) is 0 Å². The summed E-state index contributed by atoms with van der Waals surface area (Å²) in [6, 6.07) is 20.1. The van der Waals surface area contributed by atoms with Crippen molar-refractivity contribution in [2.45, 2.75) is 84.6 Å². The summed E-state index contributed by atoms with van der Waals surface area (Å²) >= 11 is 6.80. The summed E-state index contributed by atoms with van der Waals surface area (Å²) in [4.78, 5) is 30.0. The normalized spacial score (nSPS) is 15.4. The highest BCUT2D eigenvalue weighted by Crippen LogP contribution is 2.37. The maximum absolute atomic E-state index is 12.0. The fraction of sp³-hybridized carbons (Fsp3) is 0.432. The van der Waals surface area contributed by atoms with Gasteiger partial charge in [0.2, 0.25) is 11.8 Å². The number of piperidine rings is 2. The van der Waals surface area contributed by atoms with Crippen molar-refractivity contribution in [1.82, 2.24) is 25.8 Å². The predicted molar refractivity (Wildman–Crippen MR) is 217 cm³/mol. The van der Waals surface area contributed by atoms with E-state index in [9.17, 15) is 9.59 Å². The summed E-state index contributed by atoms with van der Waals surface area (Å²) in [5, 5.41) is 9.93. The second-order valence-corrected chi connectivity index (χ2v) is 15.1. The summed E-state index contributed by atoms with van der Waals surface area (Å²) in [5.41, 5.74) is 7.41. The number of aromatic nitrogens is 1. The van der Waals surface area contributed by atoms with Gasteiger partial charge in [0.15, 0.2) is 0 Å². The van der Waals surface area contributed by atoms with Crippen LogP contribution in [-0.2, 0) is 29.3 Å². The number of nitrogens with zero attached hydrogens (tertiary/aromatic N) is 2. The predicted octanol–water partition coefficient (Wildman–Crippen LogP) is 7.31. The first-order chi connectivity index (χ1) is 26.7. The molecule has 2 aliphatic rings. The number of hydrogen-bond acceptors (Lipinski definition) is 8. The molecule has 6 rings (SSSR count). The fourth-order valence-electron chi connectivity index (χ4n) is 7.56. The minimum atomic E-state index is -0.0628. The number of hydrogen-bond donors (Lipinski definition) is 3. The molecule has 11 heteroatoms. The molecule has 0 radical (unpaired) electrons. The van der Waals surface area contributed by atoms with Crippen LogP contribution in [-0.4, -0.2) is 66.6 Å². The number of carbonyl (C=O) groups excluding carboxylic acids is 2. The minimum Gasteiger partial charge on any atom is -0.493 e. The van der Waals surface area contributed by atoms with Crippen LogP contribution in [0.1, 0.15) is 73.3 Å². The molecule has 1 aromatic heterocycles. The molecule has 0 saturated carbocycles. The van der Waals surface area contributed by atoms with Crippen molar-refractivity contribution in [1.29, 1.82) is 0 Å². The molecule has 0 unspecified atom stereocenters. The Balaban J connectivity index is 1.07. The van der Waals surface area contributed by atoms with Crippen LogP contribution in [0.25, 0.3) is 11.1 Å². The largest absolute Gasteiger partial charge is 0.493 e. The van der Waals surface area contributed by atoms with E-state index in [-0.39, 0.29) is 17.4 Å². The molecule has 0 atom stereocenters. The number of benzene rings is 3. The molecule has 3 aromatic carbocycles. The summed E-state index contributed by atoms with van der Waals surface area (Å²) in [5.74, 6) is 2.24. The molecule has 0 aliphatic carbocycles. The lowest BCUT2D eigenvalue weighted by molar-refractivity contribution is -0.126. The van der Waals surface area contributed by atoms with Gasteiger partial charge < -0.3 is 35.1 Å². The Kier molecular flexibility index (Phi) is 14.0. The van der Waals surface area contributed by atoms with Gasteiger partial charge in [-0.1, -0.05) is 48.0 Å². The quantitative estimate of drug-likeness (QED) is 0.0960. The summed E-state index contributed by atoms with van der Waals surface area (Å²) < 4.78 is 19.0. The molecule has 10 nitrogen and oxygen atoms in total. The number of rotatable bonds is 17. The zero-order valence-electron chi connectivity index (χ0n) is 32.3. The first-order valence-electron chi connectivity index (χ1n) is 19.5. The van der Waals surface area contributed by atoms with Crippen LogP contribution >= 0.6 is 11.6 Å². The van der Waals surface area contributed by atoms with E-state index in [4.69, 9.17) is 25.8 Å². The van der Waals surface area contributed by atoms with Crippen LogP contribution in [0.3, 0.4) is 0 Å². The molecule has 2 amide bonds. The summed E-state index contributed by atoms with van der Waals surface area (Å²) in [6.07, 6.45) is 9.32. The minimum absolute atomic E-state index is 0.0224. The van der Waals surface area contributed by atoms with E-state index in [0.29, 0.717) is 62.4 Å². The molecule has 55 heavy (non-hydrogen) atoms. The average molecular weight is 768 g/mol. The van der Waals surface area contributed by atoms with Gasteiger partial charge in [0, 0.05) is 87.7 Å². The van der Waals surface area contributed by atoms with Gasteiger partial charge in [-0.2, -0.15) is 0 Å². The molecule has 3 N–H and O–H groups in total. The monoisotopic (exact) mass is 767 g/mol. The van der Waals surface area contributed by atoms with E-state index < -0.39 is 0 Å². The van der Waals surface area contributed by atoms with Crippen molar-refractivity contribution in [2.75, 3.05) is 39.3 Å². The maximum atomic E-state index is 12.0. The highest BCUT2D eigenvalue weighted by molar-refractivity contribution is 6.32. The third-order valence-electron chi connectivity index (χ3n) is 10.8. The summed E-state index contributed by atoms with van der Waals surface area (Å²) in [7, 11) is 0. The molecule has 2 aliphatic heterocycles. The number of carbonyl (C=O) groups is 2. The van der Waals surface area contributed by atoms with Crippen LogP contribution in [0.2, 0.25) is 5.02 Å². The van der Waals surface area contributed by atoms with Crippen LogP contribution in [0, 0.1) is 13.8 Å². The lowest BCUT2D eigenvalue weighted by Crippen LogP contribution is -2.57. The number of halogens is 1. The SMILES string of the molecule is CC(=O)NCCNCc1cc(Cl)c(OCc2cccc(-c3cccc(OCCCN4CCC5(CCCC(=O)N5)CC4)c3C)c2C)cc1OCc1cccnc1. The Labute approximate surface area is 330 Å². The van der Waals surface area contributed by atoms with Gasteiger partial charge in [-0.05, 0) is 92.0 Å². The average Bonchev–Trinajstić information content (AvgIpc) is 3.18. The van der Waals surface area contributed by atoms with Gasteiger partial charge in [0.25, 0.3) is 0 Å². The number of amides is 2. The second kappa shape index (κ2) is 19.3. The highest BCUT2D eigenvalue weighted by Gasteiger charge is 2.37. The zero-order chi connectivity index (χ0) is 38.6. The molecular weight excluding hydrogens is 714 g/mol. The van der Waals surface area contributed by atoms with Gasteiger partial charge in [-0.15, -0.1) is 0 Å². The van der Waals surface area contributed by atoms with Gasteiger partial charge in [0.1, 0.15) is 30.5 Å². The van der Waals surface area contributed by atoms with Crippen molar-refractivity contribution in [2.24, 2.45) is 0 Å². The number of pyridine rings is 1. The van der Waals surface area contributed by atoms with E-state index in [0.717, 1.165) is 96.4 Å². The van der Waals surface area contributed by atoms with E-state index in [1.54, 1.807) is 12.4 Å². The second-order valence-electron chi connectivity index (χ2n) is 14.7. The van der Waals surface area contributed by atoms with E-state index in [2.05, 4.69) is 76.1 Å². The molecule has 2 saturated heterocycles. The molecule has 4 aromatic rings. The van der Waals surface area contributed by atoms with Crippen LogP contribution in [0.4, 0.5) is 0 Å². The van der Waals surface area contributed by atoms with Gasteiger partial charge in [0.05, 0.1) is 11.6 Å². The van der Waals surface area contributed by atoms with E-state index in [1.807, 2.05) is 24.3 Å². The molecule has 292 valence electrons. The Hall–Kier alpha value is -4.64. The van der Waals surface area contributed by atoms with Crippen molar-refractivity contribution in [3.05, 3.63) is 106 Å². The Morgan fingerprint density at radius 1 is 0.891 bits per heavy atom. The highest BCUT2D eigenvalue weighted by atomic mass is 35.5. The lowest BCUT2D eigenvalue weighted by atomic mass is 9.80. The van der Waals surface area contributed by atoms with Crippen molar-refractivity contribution in [3.8, 4) is 28.4 Å². The number of likely N-dealkylation sites (tertiary alicyclic amines) is 1. The number of ether oxygens (including phenoxy) is 3. The third kappa shape index (κ3) is 11.0. The smallest absolute Gasteiger partial charge is 0.220 e. The topological polar surface area (TPSA) is 114 Å². The first kappa shape index (κ1) is 40.0. The van der Waals surface area contributed by atoms with Crippen LogP contribution < -0.4 is 30.2 Å². The van der Waals surface area contributed by atoms with Crippen molar-refractivity contribution >= 4 is 23.4 Å². The molecule has 0 bridgehead atoms. The fourth-order valence-corrected chi connectivity index (χ4v) is 7.80. The van der Waals surface area contributed by atoms with Gasteiger partial charge >= 0.3 is 0 Å². The lowest BCUT2D eigenvalue weighted by Gasteiger charge is -2.44. The van der Waals surface area contributed by atoms with Crippen LogP contribution in [0.15, 0.2) is 73.1 Å². The Morgan fingerprint density at radius 2 is 1.67 bits per heavy atom. The maximum Gasteiger partial charge on any atom is 0.220 e.